The molecular formula is C34H34Cl3N3O4S. The lowest BCUT2D eigenvalue weighted by atomic mass is 10.0. The summed E-state index contributed by atoms with van der Waals surface area (Å²) in [5, 5.41) is 3.60. The van der Waals surface area contributed by atoms with Crippen LogP contribution >= 0.6 is 34.8 Å². The van der Waals surface area contributed by atoms with Crippen molar-refractivity contribution in [3.63, 3.8) is 0 Å². The van der Waals surface area contributed by atoms with Gasteiger partial charge in [-0.05, 0) is 53.9 Å². The topological polar surface area (TPSA) is 86.8 Å². The van der Waals surface area contributed by atoms with Gasteiger partial charge in [-0.1, -0.05) is 115 Å². The minimum absolute atomic E-state index is 0.0196. The molecule has 0 spiro atoms. The Labute approximate surface area is 279 Å². The number of carbonyl (C=O) groups excluding carboxylic acids is 2. The molecule has 4 aromatic rings. The zero-order valence-corrected chi connectivity index (χ0v) is 27.8. The van der Waals surface area contributed by atoms with Crippen LogP contribution < -0.4 is 9.62 Å². The van der Waals surface area contributed by atoms with Crippen LogP contribution in [0.3, 0.4) is 0 Å². The molecule has 4 aromatic carbocycles. The van der Waals surface area contributed by atoms with Crippen LogP contribution in [0.15, 0.2) is 108 Å². The van der Waals surface area contributed by atoms with Crippen LogP contribution in [0.1, 0.15) is 30.9 Å². The van der Waals surface area contributed by atoms with Crippen LogP contribution in [-0.4, -0.2) is 44.3 Å². The van der Waals surface area contributed by atoms with Gasteiger partial charge in [-0.25, -0.2) is 8.42 Å². The highest BCUT2D eigenvalue weighted by Gasteiger charge is 2.35. The van der Waals surface area contributed by atoms with E-state index < -0.39 is 28.5 Å². The number of sulfonamides is 1. The number of nitrogens with one attached hydrogen (secondary N) is 1. The van der Waals surface area contributed by atoms with Crippen LogP contribution in [0, 0.1) is 0 Å². The van der Waals surface area contributed by atoms with Gasteiger partial charge in [-0.15, -0.1) is 0 Å². The molecule has 0 saturated heterocycles. The van der Waals surface area contributed by atoms with Gasteiger partial charge in [-0.3, -0.25) is 13.9 Å². The van der Waals surface area contributed by atoms with E-state index >= 15 is 0 Å². The molecule has 0 fully saturated rings. The maximum absolute atomic E-state index is 14.5. The third-order valence-corrected chi connectivity index (χ3v) is 10.0. The third kappa shape index (κ3) is 9.01. The van der Waals surface area contributed by atoms with Crippen LogP contribution in [-0.2, 0) is 32.6 Å². The highest BCUT2D eigenvalue weighted by atomic mass is 35.5. The molecule has 0 heterocycles. The first-order chi connectivity index (χ1) is 21.6. The standard InChI is InChI=1S/C34H34Cl3N3O4S/c1-2-3-21-38-34(42)31(22-25-11-6-4-7-12-25)39(23-26-17-19-27(35)20-18-26)32(41)24-40(30-16-10-15-29(36)33(30)37)45(43,44)28-13-8-5-9-14-28/h4-20,31H,2-3,21-24H2,1H3,(H,38,42). The molecule has 2 amide bonds. The second-order valence-electron chi connectivity index (χ2n) is 10.4. The van der Waals surface area contributed by atoms with Crippen molar-refractivity contribution in [2.75, 3.05) is 17.4 Å². The first-order valence-electron chi connectivity index (χ1n) is 14.5. The van der Waals surface area contributed by atoms with E-state index in [0.29, 0.717) is 17.1 Å². The summed E-state index contributed by atoms with van der Waals surface area (Å²) in [4.78, 5) is 29.7. The van der Waals surface area contributed by atoms with Crippen molar-refractivity contribution < 1.29 is 18.0 Å². The predicted octanol–water partition coefficient (Wildman–Crippen LogP) is 7.40. The lowest BCUT2D eigenvalue weighted by Crippen LogP contribution is -2.53. The number of hydrogen-bond acceptors (Lipinski definition) is 4. The predicted molar refractivity (Wildman–Crippen MR) is 181 cm³/mol. The zero-order chi connectivity index (χ0) is 32.4. The Morgan fingerprint density at radius 3 is 2.09 bits per heavy atom. The fraction of sp³-hybridized carbons (Fsp3) is 0.235. The van der Waals surface area contributed by atoms with Gasteiger partial charge in [-0.2, -0.15) is 0 Å². The summed E-state index contributed by atoms with van der Waals surface area (Å²) in [6.07, 6.45) is 1.86. The Hall–Kier alpha value is -3.56. The zero-order valence-electron chi connectivity index (χ0n) is 24.7. The molecule has 0 aliphatic rings. The summed E-state index contributed by atoms with van der Waals surface area (Å²) in [6.45, 7) is 1.85. The molecule has 0 saturated carbocycles. The lowest BCUT2D eigenvalue weighted by Gasteiger charge is -2.34. The van der Waals surface area contributed by atoms with E-state index in [1.54, 1.807) is 48.5 Å². The Kier molecular flexibility index (Phi) is 12.3. The fourth-order valence-electron chi connectivity index (χ4n) is 4.76. The molecule has 0 radical (unpaired) electrons. The maximum Gasteiger partial charge on any atom is 0.264 e. The average Bonchev–Trinajstić information content (AvgIpc) is 3.04. The molecule has 236 valence electrons. The molecule has 1 atom stereocenters. The molecule has 1 N–H and O–H groups in total. The summed E-state index contributed by atoms with van der Waals surface area (Å²) in [6, 6.07) is 27.7. The van der Waals surface area contributed by atoms with Crippen molar-refractivity contribution >= 4 is 62.3 Å². The van der Waals surface area contributed by atoms with Gasteiger partial charge in [0.15, 0.2) is 0 Å². The van der Waals surface area contributed by atoms with E-state index in [1.807, 2.05) is 37.3 Å². The minimum Gasteiger partial charge on any atom is -0.354 e. The van der Waals surface area contributed by atoms with E-state index in [0.717, 1.165) is 22.7 Å². The Balaban J connectivity index is 1.81. The number of anilines is 1. The molecule has 0 aromatic heterocycles. The van der Waals surface area contributed by atoms with Crippen molar-refractivity contribution in [3.05, 3.63) is 129 Å². The molecule has 11 heteroatoms. The molecule has 0 aliphatic carbocycles. The summed E-state index contributed by atoms with van der Waals surface area (Å²) in [5.74, 6) is -0.944. The van der Waals surface area contributed by atoms with Gasteiger partial charge >= 0.3 is 0 Å². The summed E-state index contributed by atoms with van der Waals surface area (Å²) in [7, 11) is -4.30. The quantitative estimate of drug-likeness (QED) is 0.140. The highest BCUT2D eigenvalue weighted by molar-refractivity contribution is 7.92. The Morgan fingerprint density at radius 2 is 1.44 bits per heavy atom. The number of amides is 2. The van der Waals surface area contributed by atoms with E-state index in [2.05, 4.69) is 5.32 Å². The third-order valence-electron chi connectivity index (χ3n) is 7.18. The number of halogens is 3. The van der Waals surface area contributed by atoms with E-state index in [1.165, 1.54) is 29.2 Å². The number of carbonyl (C=O) groups is 2. The van der Waals surface area contributed by atoms with Crippen molar-refractivity contribution in [1.82, 2.24) is 10.2 Å². The van der Waals surface area contributed by atoms with Gasteiger partial charge in [0.25, 0.3) is 10.0 Å². The van der Waals surface area contributed by atoms with Gasteiger partial charge in [0.05, 0.1) is 20.6 Å². The number of nitrogens with zero attached hydrogens (tertiary/aromatic N) is 2. The van der Waals surface area contributed by atoms with Gasteiger partial charge in [0.1, 0.15) is 12.6 Å². The molecule has 0 bridgehead atoms. The largest absolute Gasteiger partial charge is 0.354 e. The number of hydrogen-bond donors (Lipinski definition) is 1. The van der Waals surface area contributed by atoms with E-state index in [4.69, 9.17) is 34.8 Å². The second-order valence-corrected chi connectivity index (χ2v) is 13.5. The molecule has 0 aliphatic heterocycles. The number of unbranched alkanes of at least 4 members (excludes halogenated alkanes) is 1. The van der Waals surface area contributed by atoms with Gasteiger partial charge < -0.3 is 10.2 Å². The fourth-order valence-corrected chi connectivity index (χ4v) is 6.79. The second kappa shape index (κ2) is 16.1. The van der Waals surface area contributed by atoms with Crippen LogP contribution in [0.4, 0.5) is 5.69 Å². The summed E-state index contributed by atoms with van der Waals surface area (Å²) < 4.78 is 29.1. The summed E-state index contributed by atoms with van der Waals surface area (Å²) in [5.41, 5.74) is 1.60. The molecule has 7 nitrogen and oxygen atoms in total. The lowest BCUT2D eigenvalue weighted by molar-refractivity contribution is -0.140. The van der Waals surface area contributed by atoms with Gasteiger partial charge in [0, 0.05) is 24.5 Å². The van der Waals surface area contributed by atoms with Crippen LogP contribution in [0.5, 0.6) is 0 Å². The maximum atomic E-state index is 14.5. The van der Waals surface area contributed by atoms with Crippen molar-refractivity contribution in [2.45, 2.75) is 43.7 Å². The SMILES string of the molecule is CCCCNC(=O)C(Cc1ccccc1)N(Cc1ccc(Cl)cc1)C(=O)CN(c1cccc(Cl)c1Cl)S(=O)(=O)c1ccccc1. The minimum atomic E-state index is -4.30. The number of benzene rings is 4. The first kappa shape index (κ1) is 34.3. The Bertz CT molecular complexity index is 1690. The normalized spacial score (nSPS) is 11.9. The monoisotopic (exact) mass is 685 g/mol. The smallest absolute Gasteiger partial charge is 0.264 e. The molecule has 1 unspecified atom stereocenters. The van der Waals surface area contributed by atoms with Gasteiger partial charge in [0.2, 0.25) is 11.8 Å². The van der Waals surface area contributed by atoms with E-state index in [-0.39, 0.29) is 39.5 Å². The molecule has 4 rings (SSSR count). The van der Waals surface area contributed by atoms with Crippen molar-refractivity contribution in [1.29, 1.82) is 0 Å². The summed E-state index contributed by atoms with van der Waals surface area (Å²) >= 11 is 19.0. The molecule has 45 heavy (non-hydrogen) atoms. The van der Waals surface area contributed by atoms with E-state index in [9.17, 15) is 18.0 Å². The van der Waals surface area contributed by atoms with Crippen molar-refractivity contribution in [3.8, 4) is 0 Å². The first-order valence-corrected chi connectivity index (χ1v) is 17.1. The highest BCUT2D eigenvalue weighted by Crippen LogP contribution is 2.35. The van der Waals surface area contributed by atoms with Crippen LogP contribution in [0.25, 0.3) is 0 Å². The van der Waals surface area contributed by atoms with Crippen LogP contribution in [0.2, 0.25) is 15.1 Å². The Morgan fingerprint density at radius 1 is 0.800 bits per heavy atom. The van der Waals surface area contributed by atoms with Crippen molar-refractivity contribution in [2.24, 2.45) is 0 Å². The molecular weight excluding hydrogens is 653 g/mol. The number of rotatable bonds is 14. The average molecular weight is 687 g/mol.